The number of halogens is 1. The second-order valence-electron chi connectivity index (χ2n) is 7.02. The number of aliphatic hydroxyl groups is 1. The van der Waals surface area contributed by atoms with Gasteiger partial charge in [0.2, 0.25) is 5.91 Å². The molecule has 178 valence electrons. The normalized spacial score (nSPS) is 11.5. The number of benzene rings is 2. The Kier molecular flexibility index (Phi) is 9.08. The van der Waals surface area contributed by atoms with E-state index < -0.39 is 6.04 Å². The van der Waals surface area contributed by atoms with Gasteiger partial charge >= 0.3 is 0 Å². The van der Waals surface area contributed by atoms with E-state index in [4.69, 9.17) is 16.3 Å². The number of amides is 2. The van der Waals surface area contributed by atoms with Crippen LogP contribution in [-0.4, -0.2) is 51.2 Å². The van der Waals surface area contributed by atoms with Crippen molar-refractivity contribution in [2.75, 3.05) is 24.8 Å². The summed E-state index contributed by atoms with van der Waals surface area (Å²) >= 11 is 7.04. The lowest BCUT2D eigenvalue weighted by Crippen LogP contribution is -2.33. The molecule has 34 heavy (non-hydrogen) atoms. The highest BCUT2D eigenvalue weighted by atomic mass is 35.5. The summed E-state index contributed by atoms with van der Waals surface area (Å²) < 4.78 is 6.80. The number of thioether (sulfide) groups is 1. The highest BCUT2D eigenvalue weighted by Crippen LogP contribution is 2.22. The van der Waals surface area contributed by atoms with Gasteiger partial charge in [-0.1, -0.05) is 29.4 Å². The van der Waals surface area contributed by atoms with Crippen LogP contribution < -0.4 is 15.4 Å². The monoisotopic (exact) mass is 501 g/mol. The fraction of sp³-hybridized carbons (Fsp3) is 0.217. The molecule has 0 fully saturated rings. The van der Waals surface area contributed by atoms with Crippen LogP contribution in [0.4, 0.5) is 5.69 Å². The number of hydrogen-bond donors (Lipinski definition) is 3. The first kappa shape index (κ1) is 25.3. The van der Waals surface area contributed by atoms with Crippen molar-refractivity contribution in [2.45, 2.75) is 17.7 Å². The maximum atomic E-state index is 12.7. The molecule has 0 saturated carbocycles. The predicted octanol–water partition coefficient (Wildman–Crippen LogP) is 3.32. The summed E-state index contributed by atoms with van der Waals surface area (Å²) in [6, 6.07) is 12.6. The molecule has 1 unspecified atom stereocenters. The van der Waals surface area contributed by atoms with E-state index in [9.17, 15) is 14.7 Å². The van der Waals surface area contributed by atoms with Gasteiger partial charge in [-0.3, -0.25) is 9.59 Å². The SMILES string of the molecule is C=CCn1c(SCC(=O)Nc2ccc(Cl)cc2)nnc1C(CO)NC(=O)c1ccc(OC)cc1. The van der Waals surface area contributed by atoms with Crippen LogP contribution in [0.25, 0.3) is 0 Å². The molecular formula is C23H24ClN5O4S. The van der Waals surface area contributed by atoms with Crippen LogP contribution in [0.3, 0.4) is 0 Å². The van der Waals surface area contributed by atoms with Crippen LogP contribution >= 0.6 is 23.4 Å². The smallest absolute Gasteiger partial charge is 0.251 e. The Morgan fingerprint density at radius 1 is 1.21 bits per heavy atom. The number of allylic oxidation sites excluding steroid dienone is 1. The molecule has 1 heterocycles. The Labute approximate surface area is 206 Å². The van der Waals surface area contributed by atoms with Gasteiger partial charge in [0.05, 0.1) is 19.5 Å². The minimum absolute atomic E-state index is 0.0832. The third-order valence-electron chi connectivity index (χ3n) is 4.67. The standard InChI is InChI=1S/C23H24ClN5O4S/c1-3-12-29-21(19(13-30)26-22(32)15-4-10-18(33-2)11-5-15)27-28-23(29)34-14-20(31)25-17-8-6-16(24)7-9-17/h3-11,19,30H,1,12-14H2,2H3,(H,25,31)(H,26,32). The van der Waals surface area contributed by atoms with E-state index in [0.29, 0.717) is 39.5 Å². The number of rotatable bonds is 11. The van der Waals surface area contributed by atoms with E-state index in [0.717, 1.165) is 0 Å². The minimum Gasteiger partial charge on any atom is -0.497 e. The Morgan fingerprint density at radius 2 is 1.91 bits per heavy atom. The number of carbonyl (C=O) groups is 2. The zero-order valence-corrected chi connectivity index (χ0v) is 20.0. The van der Waals surface area contributed by atoms with E-state index in [1.54, 1.807) is 66.3 Å². The molecule has 0 saturated heterocycles. The number of anilines is 1. The second kappa shape index (κ2) is 12.2. The first-order valence-electron chi connectivity index (χ1n) is 10.2. The second-order valence-corrected chi connectivity index (χ2v) is 8.40. The van der Waals surface area contributed by atoms with Gasteiger partial charge in [0, 0.05) is 22.8 Å². The summed E-state index contributed by atoms with van der Waals surface area (Å²) in [5.41, 5.74) is 1.03. The average molecular weight is 502 g/mol. The van der Waals surface area contributed by atoms with E-state index in [1.807, 2.05) is 0 Å². The molecule has 0 radical (unpaired) electrons. The summed E-state index contributed by atoms with van der Waals surface area (Å²) in [6.07, 6.45) is 1.64. The Bertz CT molecular complexity index is 1140. The number of aromatic nitrogens is 3. The number of nitrogens with zero attached hydrogens (tertiary/aromatic N) is 3. The van der Waals surface area contributed by atoms with Crippen molar-refractivity contribution >= 4 is 40.9 Å². The summed E-state index contributed by atoms with van der Waals surface area (Å²) in [7, 11) is 1.54. The number of ether oxygens (including phenoxy) is 1. The molecule has 9 nitrogen and oxygen atoms in total. The molecule has 0 spiro atoms. The van der Waals surface area contributed by atoms with Gasteiger partial charge in [-0.05, 0) is 48.5 Å². The quantitative estimate of drug-likeness (QED) is 0.272. The largest absolute Gasteiger partial charge is 0.497 e. The van der Waals surface area contributed by atoms with Crippen LogP contribution in [0.1, 0.15) is 22.2 Å². The molecule has 0 aliphatic carbocycles. The van der Waals surface area contributed by atoms with Crippen LogP contribution in [0, 0.1) is 0 Å². The van der Waals surface area contributed by atoms with E-state index in [2.05, 4.69) is 27.4 Å². The van der Waals surface area contributed by atoms with Crippen LogP contribution in [-0.2, 0) is 11.3 Å². The first-order valence-corrected chi connectivity index (χ1v) is 11.6. The van der Waals surface area contributed by atoms with Gasteiger partial charge in [-0.15, -0.1) is 16.8 Å². The van der Waals surface area contributed by atoms with Crippen LogP contribution in [0.2, 0.25) is 5.02 Å². The Balaban J connectivity index is 1.69. The highest BCUT2D eigenvalue weighted by Gasteiger charge is 2.23. The van der Waals surface area contributed by atoms with Crippen LogP contribution in [0.5, 0.6) is 5.75 Å². The van der Waals surface area contributed by atoms with Gasteiger partial charge in [-0.25, -0.2) is 0 Å². The first-order chi connectivity index (χ1) is 16.4. The van der Waals surface area contributed by atoms with E-state index >= 15 is 0 Å². The summed E-state index contributed by atoms with van der Waals surface area (Å²) in [5, 5.41) is 24.8. The number of hydrogen-bond acceptors (Lipinski definition) is 7. The maximum Gasteiger partial charge on any atom is 0.251 e. The van der Waals surface area contributed by atoms with Crippen molar-refractivity contribution in [2.24, 2.45) is 0 Å². The predicted molar refractivity (Wildman–Crippen MR) is 131 cm³/mol. The molecule has 0 aliphatic rings. The summed E-state index contributed by atoms with van der Waals surface area (Å²) in [4.78, 5) is 25.0. The molecule has 3 rings (SSSR count). The molecule has 3 N–H and O–H groups in total. The van der Waals surface area contributed by atoms with Gasteiger partial charge in [0.1, 0.15) is 11.8 Å². The molecule has 1 atom stereocenters. The van der Waals surface area contributed by atoms with Crippen molar-refractivity contribution in [3.63, 3.8) is 0 Å². The van der Waals surface area contributed by atoms with Gasteiger partial charge in [0.25, 0.3) is 5.91 Å². The molecular weight excluding hydrogens is 478 g/mol. The number of carbonyl (C=O) groups excluding carboxylic acids is 2. The number of methoxy groups -OCH3 is 1. The number of nitrogens with one attached hydrogen (secondary N) is 2. The van der Waals surface area contributed by atoms with Crippen molar-refractivity contribution in [3.8, 4) is 5.75 Å². The molecule has 0 bridgehead atoms. The van der Waals surface area contributed by atoms with Crippen molar-refractivity contribution in [3.05, 3.63) is 77.6 Å². The average Bonchev–Trinajstić information content (AvgIpc) is 3.25. The summed E-state index contributed by atoms with van der Waals surface area (Å²) in [5.74, 6) is 0.451. The maximum absolute atomic E-state index is 12.7. The lowest BCUT2D eigenvalue weighted by Gasteiger charge is -2.17. The van der Waals surface area contributed by atoms with Crippen molar-refractivity contribution < 1.29 is 19.4 Å². The highest BCUT2D eigenvalue weighted by molar-refractivity contribution is 7.99. The molecule has 11 heteroatoms. The topological polar surface area (TPSA) is 118 Å². The molecule has 1 aromatic heterocycles. The van der Waals surface area contributed by atoms with Gasteiger partial charge < -0.3 is 25.0 Å². The van der Waals surface area contributed by atoms with Crippen molar-refractivity contribution in [1.29, 1.82) is 0 Å². The fourth-order valence-electron chi connectivity index (χ4n) is 3.00. The van der Waals surface area contributed by atoms with Crippen LogP contribution in [0.15, 0.2) is 66.3 Å². The molecule has 2 amide bonds. The Hall–Kier alpha value is -3.34. The van der Waals surface area contributed by atoms with E-state index in [1.165, 1.54) is 11.8 Å². The third kappa shape index (κ3) is 6.60. The minimum atomic E-state index is -0.806. The molecule has 0 aliphatic heterocycles. The van der Waals surface area contributed by atoms with Gasteiger partial charge in [0.15, 0.2) is 11.0 Å². The number of aliphatic hydroxyl groups excluding tert-OH is 1. The van der Waals surface area contributed by atoms with Crippen molar-refractivity contribution in [1.82, 2.24) is 20.1 Å². The fourth-order valence-corrected chi connectivity index (χ4v) is 3.88. The molecule has 2 aromatic carbocycles. The van der Waals surface area contributed by atoms with Gasteiger partial charge in [-0.2, -0.15) is 0 Å². The lowest BCUT2D eigenvalue weighted by molar-refractivity contribution is -0.113. The zero-order valence-electron chi connectivity index (χ0n) is 18.4. The third-order valence-corrected chi connectivity index (χ3v) is 5.89. The van der Waals surface area contributed by atoms with E-state index in [-0.39, 0.29) is 24.2 Å². The summed E-state index contributed by atoms with van der Waals surface area (Å²) in [6.45, 7) is 3.69. The Morgan fingerprint density at radius 3 is 2.53 bits per heavy atom. The zero-order chi connectivity index (χ0) is 24.5. The lowest BCUT2D eigenvalue weighted by atomic mass is 10.2. The molecule has 3 aromatic rings.